The molecule has 7 nitrogen and oxygen atoms in total. The molecule has 7 heteroatoms. The number of para-hydroxylation sites is 1. The van der Waals surface area contributed by atoms with Crippen LogP contribution in [0.15, 0.2) is 24.3 Å². The molecule has 3 N–H and O–H groups in total. The van der Waals surface area contributed by atoms with E-state index >= 15 is 0 Å². The fourth-order valence-electron chi connectivity index (χ4n) is 5.16. The number of amides is 3. The van der Waals surface area contributed by atoms with Crippen molar-refractivity contribution in [1.29, 1.82) is 0 Å². The highest BCUT2D eigenvalue weighted by molar-refractivity contribution is 5.97. The maximum Gasteiger partial charge on any atom is 0.229 e. The average molecular weight is 413 g/mol. The number of likely N-dealkylation sites (tertiary alicyclic amines) is 2. The molecule has 2 aliphatic heterocycles. The van der Waals surface area contributed by atoms with Crippen LogP contribution in [0.2, 0.25) is 0 Å². The molecule has 3 amide bonds. The minimum absolute atomic E-state index is 0.0787. The summed E-state index contributed by atoms with van der Waals surface area (Å²) in [5.41, 5.74) is 7.31. The van der Waals surface area contributed by atoms with Crippen molar-refractivity contribution in [2.24, 2.45) is 17.6 Å². The molecule has 3 fully saturated rings. The van der Waals surface area contributed by atoms with Gasteiger partial charge in [0.05, 0.1) is 11.8 Å². The number of rotatable bonds is 6. The highest BCUT2D eigenvalue weighted by atomic mass is 16.2. The van der Waals surface area contributed by atoms with Crippen molar-refractivity contribution >= 4 is 23.4 Å². The summed E-state index contributed by atoms with van der Waals surface area (Å²) in [7, 11) is 0. The Labute approximate surface area is 178 Å². The molecule has 30 heavy (non-hydrogen) atoms. The van der Waals surface area contributed by atoms with E-state index in [1.54, 1.807) is 0 Å². The number of benzene rings is 1. The smallest absolute Gasteiger partial charge is 0.229 e. The summed E-state index contributed by atoms with van der Waals surface area (Å²) in [6.45, 7) is 2.77. The van der Waals surface area contributed by atoms with E-state index < -0.39 is 0 Å². The summed E-state index contributed by atoms with van der Waals surface area (Å²) in [5, 5.41) is 3.07. The van der Waals surface area contributed by atoms with Crippen LogP contribution in [0.4, 0.5) is 5.69 Å². The van der Waals surface area contributed by atoms with Gasteiger partial charge in [-0.05, 0) is 43.9 Å². The molecule has 2 heterocycles. The number of hydrogen-bond acceptors (Lipinski definition) is 4. The van der Waals surface area contributed by atoms with Crippen molar-refractivity contribution in [2.45, 2.75) is 57.5 Å². The monoisotopic (exact) mass is 412 g/mol. The summed E-state index contributed by atoms with van der Waals surface area (Å²) >= 11 is 0. The second-order valence-corrected chi connectivity index (χ2v) is 9.01. The molecule has 2 saturated heterocycles. The standard InChI is InChI=1S/C23H32N4O3/c24-22(29)17-7-5-11-26(14-17)13-16-6-1-4-10-20(16)25-23(30)18-12-21(28)27(15-18)19-8-2-3-9-19/h1,4,6,10,17-19H,2-3,5,7-9,11-15H2,(H2,24,29)(H,25,30)/t17-,18-/m0/s1. The van der Waals surface area contributed by atoms with Crippen LogP contribution in [0.25, 0.3) is 0 Å². The Kier molecular flexibility index (Phi) is 6.37. The quantitative estimate of drug-likeness (QED) is 0.748. The van der Waals surface area contributed by atoms with Gasteiger partial charge in [0.15, 0.2) is 0 Å². The molecule has 0 radical (unpaired) electrons. The Bertz CT molecular complexity index is 805. The normalized spacial score (nSPS) is 25.6. The van der Waals surface area contributed by atoms with E-state index in [2.05, 4.69) is 10.2 Å². The van der Waals surface area contributed by atoms with E-state index in [0.717, 1.165) is 43.5 Å². The van der Waals surface area contributed by atoms with Gasteiger partial charge in [-0.1, -0.05) is 31.0 Å². The summed E-state index contributed by atoms with van der Waals surface area (Å²) in [6, 6.07) is 8.11. The van der Waals surface area contributed by atoms with Crippen LogP contribution in [-0.2, 0) is 20.9 Å². The van der Waals surface area contributed by atoms with Crippen molar-refractivity contribution < 1.29 is 14.4 Å². The average Bonchev–Trinajstić information content (AvgIpc) is 3.39. The van der Waals surface area contributed by atoms with Crippen molar-refractivity contribution in [2.75, 3.05) is 25.0 Å². The van der Waals surface area contributed by atoms with Crippen molar-refractivity contribution in [3.63, 3.8) is 0 Å². The van der Waals surface area contributed by atoms with Crippen LogP contribution in [0.5, 0.6) is 0 Å². The van der Waals surface area contributed by atoms with Gasteiger partial charge in [0, 0.05) is 37.8 Å². The van der Waals surface area contributed by atoms with Crippen LogP contribution >= 0.6 is 0 Å². The van der Waals surface area contributed by atoms with Gasteiger partial charge in [-0.15, -0.1) is 0 Å². The highest BCUT2D eigenvalue weighted by Crippen LogP contribution is 2.30. The summed E-state index contributed by atoms with van der Waals surface area (Å²) in [5.74, 6) is -0.600. The zero-order chi connectivity index (χ0) is 21.1. The number of nitrogens with two attached hydrogens (primary N) is 1. The molecule has 1 aromatic rings. The second-order valence-electron chi connectivity index (χ2n) is 9.01. The van der Waals surface area contributed by atoms with Crippen LogP contribution in [-0.4, -0.2) is 53.2 Å². The minimum Gasteiger partial charge on any atom is -0.369 e. The number of anilines is 1. The first kappa shape index (κ1) is 20.8. The third-order valence-electron chi connectivity index (χ3n) is 6.87. The van der Waals surface area contributed by atoms with Crippen molar-refractivity contribution in [3.8, 4) is 0 Å². The molecule has 0 bridgehead atoms. The molecule has 0 unspecified atom stereocenters. The van der Waals surface area contributed by atoms with Crippen LogP contribution in [0, 0.1) is 11.8 Å². The lowest BCUT2D eigenvalue weighted by Crippen LogP contribution is -2.40. The molecule has 162 valence electrons. The topological polar surface area (TPSA) is 95.7 Å². The Balaban J connectivity index is 1.38. The van der Waals surface area contributed by atoms with Gasteiger partial charge in [0.2, 0.25) is 17.7 Å². The lowest BCUT2D eigenvalue weighted by atomic mass is 9.97. The first-order valence-corrected chi connectivity index (χ1v) is 11.2. The molecule has 1 saturated carbocycles. The Morgan fingerprint density at radius 2 is 1.80 bits per heavy atom. The van der Waals surface area contributed by atoms with E-state index in [4.69, 9.17) is 5.73 Å². The molecule has 1 aromatic carbocycles. The summed E-state index contributed by atoms with van der Waals surface area (Å²) < 4.78 is 0. The van der Waals surface area contributed by atoms with E-state index in [-0.39, 0.29) is 29.6 Å². The summed E-state index contributed by atoms with van der Waals surface area (Å²) in [6.07, 6.45) is 6.56. The Morgan fingerprint density at radius 1 is 1.03 bits per heavy atom. The molecule has 0 aromatic heterocycles. The van der Waals surface area contributed by atoms with E-state index in [1.807, 2.05) is 29.2 Å². The molecule has 2 atom stereocenters. The largest absolute Gasteiger partial charge is 0.369 e. The lowest BCUT2D eigenvalue weighted by molar-refractivity contribution is -0.130. The third kappa shape index (κ3) is 4.67. The van der Waals surface area contributed by atoms with Crippen LogP contribution < -0.4 is 11.1 Å². The fraction of sp³-hybridized carbons (Fsp3) is 0.609. The maximum absolute atomic E-state index is 12.9. The van der Waals surface area contributed by atoms with Crippen molar-refractivity contribution in [3.05, 3.63) is 29.8 Å². The molecule has 0 spiro atoms. The number of nitrogens with zero attached hydrogens (tertiary/aromatic N) is 2. The molecular weight excluding hydrogens is 380 g/mol. The van der Waals surface area contributed by atoms with Gasteiger partial charge < -0.3 is 16.0 Å². The number of primary amides is 1. The number of piperidine rings is 1. The number of carbonyl (C=O) groups is 3. The van der Waals surface area contributed by atoms with Gasteiger partial charge in [-0.2, -0.15) is 0 Å². The number of carbonyl (C=O) groups excluding carboxylic acids is 3. The van der Waals surface area contributed by atoms with E-state index in [1.165, 1.54) is 12.8 Å². The Hall–Kier alpha value is -2.41. The molecular formula is C23H32N4O3. The van der Waals surface area contributed by atoms with Gasteiger partial charge in [-0.25, -0.2) is 0 Å². The first-order valence-electron chi connectivity index (χ1n) is 11.2. The predicted molar refractivity (Wildman–Crippen MR) is 114 cm³/mol. The number of nitrogens with one attached hydrogen (secondary N) is 1. The zero-order valence-corrected chi connectivity index (χ0v) is 17.5. The maximum atomic E-state index is 12.9. The zero-order valence-electron chi connectivity index (χ0n) is 17.5. The lowest BCUT2D eigenvalue weighted by Gasteiger charge is -2.31. The van der Waals surface area contributed by atoms with Gasteiger partial charge in [-0.3, -0.25) is 19.3 Å². The highest BCUT2D eigenvalue weighted by Gasteiger charge is 2.38. The van der Waals surface area contributed by atoms with Gasteiger partial charge in [0.1, 0.15) is 0 Å². The minimum atomic E-state index is -0.291. The number of hydrogen-bond donors (Lipinski definition) is 2. The van der Waals surface area contributed by atoms with Crippen LogP contribution in [0.3, 0.4) is 0 Å². The van der Waals surface area contributed by atoms with Gasteiger partial charge >= 0.3 is 0 Å². The van der Waals surface area contributed by atoms with E-state index in [9.17, 15) is 14.4 Å². The van der Waals surface area contributed by atoms with Crippen LogP contribution in [0.1, 0.15) is 50.5 Å². The van der Waals surface area contributed by atoms with Crippen molar-refractivity contribution in [1.82, 2.24) is 9.80 Å². The first-order chi connectivity index (χ1) is 14.5. The third-order valence-corrected chi connectivity index (χ3v) is 6.87. The SMILES string of the molecule is NC(=O)[C@H]1CCCN(Cc2ccccc2NC(=O)[C@H]2CC(=O)N(C3CCCC3)C2)C1. The molecule has 1 aliphatic carbocycles. The van der Waals surface area contributed by atoms with Gasteiger partial charge in [0.25, 0.3) is 0 Å². The Morgan fingerprint density at radius 3 is 2.57 bits per heavy atom. The van der Waals surface area contributed by atoms with E-state index in [0.29, 0.717) is 32.1 Å². The summed E-state index contributed by atoms with van der Waals surface area (Å²) in [4.78, 5) is 41.1. The second kappa shape index (κ2) is 9.16. The molecule has 4 rings (SSSR count). The fourth-order valence-corrected chi connectivity index (χ4v) is 5.16. The predicted octanol–water partition coefficient (Wildman–Crippen LogP) is 2.11. The molecule has 3 aliphatic rings.